The van der Waals surface area contributed by atoms with Crippen LogP contribution in [0.3, 0.4) is 0 Å². The molecule has 0 saturated heterocycles. The van der Waals surface area contributed by atoms with E-state index in [2.05, 4.69) is 10.4 Å². The van der Waals surface area contributed by atoms with Crippen molar-refractivity contribution in [1.82, 2.24) is 15.1 Å². The van der Waals surface area contributed by atoms with Crippen molar-refractivity contribution >= 4 is 6.09 Å². The number of carbonyl (C=O) groups is 1. The van der Waals surface area contributed by atoms with Gasteiger partial charge >= 0.3 is 6.09 Å². The molecule has 1 N–H and O–H groups in total. The highest BCUT2D eigenvalue weighted by Gasteiger charge is 2.06. The summed E-state index contributed by atoms with van der Waals surface area (Å²) < 4.78 is 6.84. The molecule has 0 radical (unpaired) electrons. The molecular weight excluding hydrogens is 242 g/mol. The number of hydrogen-bond donors (Lipinski definition) is 1. The molecule has 2 rings (SSSR count). The molecule has 0 saturated carbocycles. The molecular formula is C14H17N3O2. The summed E-state index contributed by atoms with van der Waals surface area (Å²) in [5.41, 5.74) is 2.86. The number of amides is 1. The Morgan fingerprint density at radius 1 is 1.37 bits per heavy atom. The molecule has 100 valence electrons. The highest BCUT2D eigenvalue weighted by atomic mass is 16.5. The minimum atomic E-state index is -0.424. The first kappa shape index (κ1) is 13.1. The van der Waals surface area contributed by atoms with Gasteiger partial charge in [-0.15, -0.1) is 0 Å². The van der Waals surface area contributed by atoms with Crippen molar-refractivity contribution in [3.05, 3.63) is 53.3 Å². The lowest BCUT2D eigenvalue weighted by Gasteiger charge is -2.06. The predicted octanol–water partition coefficient (Wildman–Crippen LogP) is 2.15. The first-order valence-electron chi connectivity index (χ1n) is 6.09. The second-order valence-electron chi connectivity index (χ2n) is 4.33. The van der Waals surface area contributed by atoms with E-state index in [9.17, 15) is 4.79 Å². The van der Waals surface area contributed by atoms with Crippen LogP contribution in [0.25, 0.3) is 0 Å². The Bertz CT molecular complexity index is 549. The van der Waals surface area contributed by atoms with Crippen LogP contribution in [-0.4, -0.2) is 15.9 Å². The SMILES string of the molecule is Cc1nn(C)cc1CNC(=O)OCc1ccccc1. The van der Waals surface area contributed by atoms with Crippen LogP contribution in [0.5, 0.6) is 0 Å². The monoisotopic (exact) mass is 259 g/mol. The third-order valence-corrected chi connectivity index (χ3v) is 2.75. The number of alkyl carbamates (subject to hydrolysis) is 1. The average molecular weight is 259 g/mol. The zero-order valence-corrected chi connectivity index (χ0v) is 11.1. The molecule has 0 spiro atoms. The normalized spacial score (nSPS) is 10.2. The van der Waals surface area contributed by atoms with Crippen molar-refractivity contribution in [3.8, 4) is 0 Å². The van der Waals surface area contributed by atoms with E-state index in [-0.39, 0.29) is 6.61 Å². The van der Waals surface area contributed by atoms with Gasteiger partial charge < -0.3 is 10.1 Å². The molecule has 19 heavy (non-hydrogen) atoms. The van der Waals surface area contributed by atoms with E-state index in [1.807, 2.05) is 50.5 Å². The zero-order valence-electron chi connectivity index (χ0n) is 11.1. The first-order valence-corrected chi connectivity index (χ1v) is 6.09. The molecule has 2 aromatic rings. The molecule has 0 fully saturated rings. The molecule has 1 amide bonds. The van der Waals surface area contributed by atoms with Crippen LogP contribution < -0.4 is 5.32 Å². The topological polar surface area (TPSA) is 56.2 Å². The number of hydrogen-bond acceptors (Lipinski definition) is 3. The van der Waals surface area contributed by atoms with Gasteiger partial charge in [-0.05, 0) is 12.5 Å². The lowest BCUT2D eigenvalue weighted by Crippen LogP contribution is -2.23. The largest absolute Gasteiger partial charge is 0.445 e. The number of nitrogens with zero attached hydrogens (tertiary/aromatic N) is 2. The molecule has 0 atom stereocenters. The summed E-state index contributed by atoms with van der Waals surface area (Å²) in [4.78, 5) is 11.5. The van der Waals surface area contributed by atoms with Crippen molar-refractivity contribution in [3.63, 3.8) is 0 Å². The van der Waals surface area contributed by atoms with Gasteiger partial charge in [0.1, 0.15) is 6.61 Å². The summed E-state index contributed by atoms with van der Waals surface area (Å²) >= 11 is 0. The van der Waals surface area contributed by atoms with Crippen LogP contribution in [0.15, 0.2) is 36.5 Å². The van der Waals surface area contributed by atoms with E-state index >= 15 is 0 Å². The highest BCUT2D eigenvalue weighted by molar-refractivity contribution is 5.67. The molecule has 1 heterocycles. The average Bonchev–Trinajstić information content (AvgIpc) is 2.73. The number of carbonyl (C=O) groups excluding carboxylic acids is 1. The number of aryl methyl sites for hydroxylation is 2. The highest BCUT2D eigenvalue weighted by Crippen LogP contribution is 2.04. The van der Waals surface area contributed by atoms with Crippen molar-refractivity contribution in [1.29, 1.82) is 0 Å². The Balaban J connectivity index is 1.77. The number of rotatable bonds is 4. The quantitative estimate of drug-likeness (QED) is 0.915. The van der Waals surface area contributed by atoms with Gasteiger partial charge in [-0.3, -0.25) is 4.68 Å². The molecule has 1 aromatic carbocycles. The van der Waals surface area contributed by atoms with Gasteiger partial charge in [-0.1, -0.05) is 30.3 Å². The van der Waals surface area contributed by atoms with Crippen molar-refractivity contribution in [2.75, 3.05) is 0 Å². The Labute approximate surface area is 112 Å². The van der Waals surface area contributed by atoms with Crippen LogP contribution in [0.4, 0.5) is 4.79 Å². The first-order chi connectivity index (χ1) is 9.15. The maximum atomic E-state index is 11.5. The molecule has 0 unspecified atom stereocenters. The standard InChI is InChI=1S/C14H17N3O2/c1-11-13(9-17(2)16-11)8-15-14(18)19-10-12-6-4-3-5-7-12/h3-7,9H,8,10H2,1-2H3,(H,15,18). The maximum Gasteiger partial charge on any atom is 0.407 e. The van der Waals surface area contributed by atoms with Gasteiger partial charge in [0.2, 0.25) is 0 Å². The van der Waals surface area contributed by atoms with Gasteiger partial charge in [0.15, 0.2) is 0 Å². The molecule has 0 bridgehead atoms. The smallest absolute Gasteiger partial charge is 0.407 e. The van der Waals surface area contributed by atoms with E-state index in [0.29, 0.717) is 6.54 Å². The Hall–Kier alpha value is -2.30. The molecule has 5 nitrogen and oxygen atoms in total. The second kappa shape index (κ2) is 6.04. The predicted molar refractivity (Wildman–Crippen MR) is 71.4 cm³/mol. The molecule has 0 aliphatic rings. The Morgan fingerprint density at radius 2 is 2.11 bits per heavy atom. The molecule has 1 aromatic heterocycles. The Kier molecular flexibility index (Phi) is 4.18. The lowest BCUT2D eigenvalue weighted by molar-refractivity contribution is 0.139. The van der Waals surface area contributed by atoms with Crippen molar-refractivity contribution in [2.24, 2.45) is 7.05 Å². The van der Waals surface area contributed by atoms with Gasteiger partial charge in [0.05, 0.1) is 5.69 Å². The van der Waals surface area contributed by atoms with Crippen LogP contribution >= 0.6 is 0 Å². The van der Waals surface area contributed by atoms with Gasteiger partial charge in [-0.25, -0.2) is 4.79 Å². The van der Waals surface area contributed by atoms with Crippen molar-refractivity contribution < 1.29 is 9.53 Å². The number of ether oxygens (including phenoxy) is 1. The fourth-order valence-corrected chi connectivity index (χ4v) is 1.76. The van der Waals surface area contributed by atoms with Crippen LogP contribution in [0.1, 0.15) is 16.8 Å². The Morgan fingerprint density at radius 3 is 2.74 bits per heavy atom. The van der Waals surface area contributed by atoms with E-state index in [1.165, 1.54) is 0 Å². The summed E-state index contributed by atoms with van der Waals surface area (Å²) in [7, 11) is 1.85. The van der Waals surface area contributed by atoms with Gasteiger partial charge in [0.25, 0.3) is 0 Å². The summed E-state index contributed by atoms with van der Waals surface area (Å²) in [5.74, 6) is 0. The number of aromatic nitrogens is 2. The molecule has 0 aliphatic carbocycles. The zero-order chi connectivity index (χ0) is 13.7. The third-order valence-electron chi connectivity index (χ3n) is 2.75. The van der Waals surface area contributed by atoms with Crippen LogP contribution in [0, 0.1) is 6.92 Å². The summed E-state index contributed by atoms with van der Waals surface area (Å²) in [6, 6.07) is 9.58. The number of nitrogens with one attached hydrogen (secondary N) is 1. The van der Waals surface area contributed by atoms with Crippen molar-refractivity contribution in [2.45, 2.75) is 20.1 Å². The van der Waals surface area contributed by atoms with E-state index in [1.54, 1.807) is 4.68 Å². The van der Waals surface area contributed by atoms with Gasteiger partial charge in [-0.2, -0.15) is 5.10 Å². The summed E-state index contributed by atoms with van der Waals surface area (Å²) in [6.07, 6.45) is 1.46. The number of benzene rings is 1. The van der Waals surface area contributed by atoms with Gasteiger partial charge in [0, 0.05) is 25.4 Å². The second-order valence-corrected chi connectivity index (χ2v) is 4.33. The molecule has 0 aliphatic heterocycles. The minimum Gasteiger partial charge on any atom is -0.445 e. The van der Waals surface area contributed by atoms with E-state index in [4.69, 9.17) is 4.74 Å². The van der Waals surface area contributed by atoms with E-state index < -0.39 is 6.09 Å². The fourth-order valence-electron chi connectivity index (χ4n) is 1.76. The third kappa shape index (κ3) is 3.84. The van der Waals surface area contributed by atoms with E-state index in [0.717, 1.165) is 16.8 Å². The minimum absolute atomic E-state index is 0.276. The fraction of sp³-hybridized carbons (Fsp3) is 0.286. The summed E-state index contributed by atoms with van der Waals surface area (Å²) in [5, 5.41) is 6.92. The lowest BCUT2D eigenvalue weighted by atomic mass is 10.2. The maximum absolute atomic E-state index is 11.5. The summed E-state index contributed by atoms with van der Waals surface area (Å²) in [6.45, 7) is 2.61. The van der Waals surface area contributed by atoms with Crippen LogP contribution in [-0.2, 0) is 24.9 Å². The van der Waals surface area contributed by atoms with Crippen LogP contribution in [0.2, 0.25) is 0 Å². The molecule has 5 heteroatoms.